The predicted octanol–water partition coefficient (Wildman–Crippen LogP) is 2.80. The molecule has 0 amide bonds. The van der Waals surface area contributed by atoms with Crippen molar-refractivity contribution in [3.8, 4) is 5.75 Å². The minimum Gasteiger partial charge on any atom is -0.496 e. The van der Waals surface area contributed by atoms with E-state index in [1.165, 1.54) is 0 Å². The number of aryl methyl sites for hydroxylation is 1. The fourth-order valence-corrected chi connectivity index (χ4v) is 1.88. The van der Waals surface area contributed by atoms with E-state index < -0.39 is 5.97 Å². The molecule has 0 radical (unpaired) electrons. The van der Waals surface area contributed by atoms with Gasteiger partial charge in [0.2, 0.25) is 0 Å². The second-order valence-corrected chi connectivity index (χ2v) is 4.61. The number of aliphatic carboxylic acids is 1. The lowest BCUT2D eigenvalue weighted by atomic mass is 9.96. The molecule has 1 atom stereocenters. The SMILES string of the molecule is COc1ccc(C)cc1C(OCC(=O)O)C(C)C. The van der Waals surface area contributed by atoms with E-state index >= 15 is 0 Å². The maximum Gasteiger partial charge on any atom is 0.329 e. The summed E-state index contributed by atoms with van der Waals surface area (Å²) in [5.41, 5.74) is 1.99. The number of ether oxygens (including phenoxy) is 2. The van der Waals surface area contributed by atoms with E-state index in [1.54, 1.807) is 7.11 Å². The average Bonchev–Trinajstić information content (AvgIpc) is 2.28. The van der Waals surface area contributed by atoms with E-state index in [-0.39, 0.29) is 18.6 Å². The van der Waals surface area contributed by atoms with Crippen molar-refractivity contribution >= 4 is 5.97 Å². The third-order valence-corrected chi connectivity index (χ3v) is 2.68. The van der Waals surface area contributed by atoms with Crippen LogP contribution >= 0.6 is 0 Å². The molecule has 18 heavy (non-hydrogen) atoms. The summed E-state index contributed by atoms with van der Waals surface area (Å²) in [6.45, 7) is 5.67. The van der Waals surface area contributed by atoms with Crippen molar-refractivity contribution in [2.75, 3.05) is 13.7 Å². The third-order valence-electron chi connectivity index (χ3n) is 2.68. The molecule has 0 bridgehead atoms. The van der Waals surface area contributed by atoms with E-state index in [2.05, 4.69) is 0 Å². The second kappa shape index (κ2) is 6.40. The first-order chi connectivity index (χ1) is 8.45. The highest BCUT2D eigenvalue weighted by molar-refractivity contribution is 5.68. The molecule has 4 heteroatoms. The Morgan fingerprint density at radius 3 is 2.56 bits per heavy atom. The zero-order valence-corrected chi connectivity index (χ0v) is 11.3. The summed E-state index contributed by atoms with van der Waals surface area (Å²) in [6, 6.07) is 5.81. The summed E-state index contributed by atoms with van der Waals surface area (Å²) in [5, 5.41) is 8.72. The van der Waals surface area contributed by atoms with Crippen LogP contribution in [0.5, 0.6) is 5.75 Å². The van der Waals surface area contributed by atoms with Gasteiger partial charge in [0, 0.05) is 5.56 Å². The van der Waals surface area contributed by atoms with Crippen molar-refractivity contribution in [2.24, 2.45) is 5.92 Å². The molecular formula is C14H20O4. The van der Waals surface area contributed by atoms with Crippen molar-refractivity contribution in [3.05, 3.63) is 29.3 Å². The summed E-state index contributed by atoms with van der Waals surface area (Å²) in [7, 11) is 1.60. The van der Waals surface area contributed by atoms with Gasteiger partial charge in [-0.25, -0.2) is 4.79 Å². The molecule has 100 valence electrons. The lowest BCUT2D eigenvalue weighted by molar-refractivity contribution is -0.145. The summed E-state index contributed by atoms with van der Waals surface area (Å²) >= 11 is 0. The quantitative estimate of drug-likeness (QED) is 0.845. The predicted molar refractivity (Wildman–Crippen MR) is 68.9 cm³/mol. The van der Waals surface area contributed by atoms with Gasteiger partial charge in [-0.15, -0.1) is 0 Å². The average molecular weight is 252 g/mol. The summed E-state index contributed by atoms with van der Waals surface area (Å²) < 4.78 is 10.8. The Kier molecular flexibility index (Phi) is 5.16. The van der Waals surface area contributed by atoms with E-state index in [4.69, 9.17) is 14.6 Å². The van der Waals surface area contributed by atoms with Crippen LogP contribution in [0.25, 0.3) is 0 Å². The minimum atomic E-state index is -0.965. The zero-order valence-electron chi connectivity index (χ0n) is 11.3. The van der Waals surface area contributed by atoms with Crippen LogP contribution in [-0.4, -0.2) is 24.8 Å². The number of hydrogen-bond donors (Lipinski definition) is 1. The van der Waals surface area contributed by atoms with Gasteiger partial charge in [-0.05, 0) is 25.0 Å². The molecular weight excluding hydrogens is 232 g/mol. The van der Waals surface area contributed by atoms with Crippen LogP contribution in [0.1, 0.15) is 31.1 Å². The van der Waals surface area contributed by atoms with Gasteiger partial charge in [-0.2, -0.15) is 0 Å². The molecule has 0 aliphatic rings. The van der Waals surface area contributed by atoms with E-state index in [9.17, 15) is 4.79 Å². The van der Waals surface area contributed by atoms with Crippen LogP contribution in [0.4, 0.5) is 0 Å². The monoisotopic (exact) mass is 252 g/mol. The maximum absolute atomic E-state index is 10.6. The van der Waals surface area contributed by atoms with Crippen molar-refractivity contribution in [1.82, 2.24) is 0 Å². The minimum absolute atomic E-state index is 0.167. The second-order valence-electron chi connectivity index (χ2n) is 4.61. The highest BCUT2D eigenvalue weighted by Crippen LogP contribution is 2.33. The first-order valence-electron chi connectivity index (χ1n) is 5.93. The standard InChI is InChI=1S/C14H20O4/c1-9(2)14(18-8-13(15)16)11-7-10(3)5-6-12(11)17-4/h5-7,9,14H,8H2,1-4H3,(H,15,16). The lowest BCUT2D eigenvalue weighted by Crippen LogP contribution is -2.17. The molecule has 0 spiro atoms. The molecule has 1 rings (SSSR count). The number of carbonyl (C=O) groups is 1. The molecule has 0 aliphatic heterocycles. The Balaban J connectivity index is 3.04. The molecule has 0 saturated heterocycles. The molecule has 0 saturated carbocycles. The molecule has 0 aliphatic carbocycles. The number of hydrogen-bond acceptors (Lipinski definition) is 3. The fraction of sp³-hybridized carbons (Fsp3) is 0.500. The highest BCUT2D eigenvalue weighted by Gasteiger charge is 2.21. The topological polar surface area (TPSA) is 55.8 Å². The summed E-state index contributed by atoms with van der Waals surface area (Å²) in [5.74, 6) is -0.0722. The van der Waals surface area contributed by atoms with Gasteiger partial charge in [-0.1, -0.05) is 25.5 Å². The van der Waals surface area contributed by atoms with E-state index in [1.807, 2.05) is 39.0 Å². The van der Waals surface area contributed by atoms with Crippen LogP contribution in [-0.2, 0) is 9.53 Å². The van der Waals surface area contributed by atoms with Crippen molar-refractivity contribution in [3.63, 3.8) is 0 Å². The van der Waals surface area contributed by atoms with E-state index in [0.29, 0.717) is 0 Å². The molecule has 4 nitrogen and oxygen atoms in total. The van der Waals surface area contributed by atoms with Gasteiger partial charge >= 0.3 is 5.97 Å². The van der Waals surface area contributed by atoms with Gasteiger partial charge in [0.25, 0.3) is 0 Å². The molecule has 1 aromatic rings. The van der Waals surface area contributed by atoms with Crippen molar-refractivity contribution in [1.29, 1.82) is 0 Å². The number of rotatable bonds is 6. The number of carboxylic acid groups (broad SMARTS) is 1. The molecule has 0 fully saturated rings. The molecule has 0 heterocycles. The Labute approximate surface area is 108 Å². The van der Waals surface area contributed by atoms with Gasteiger partial charge < -0.3 is 14.6 Å². The van der Waals surface area contributed by atoms with Crippen LogP contribution < -0.4 is 4.74 Å². The third kappa shape index (κ3) is 3.74. The van der Waals surface area contributed by atoms with Gasteiger partial charge in [0.1, 0.15) is 12.4 Å². The van der Waals surface area contributed by atoms with E-state index in [0.717, 1.165) is 16.9 Å². The molecule has 1 aromatic carbocycles. The Morgan fingerprint density at radius 2 is 2.06 bits per heavy atom. The van der Waals surface area contributed by atoms with Crippen LogP contribution in [0.3, 0.4) is 0 Å². The Hall–Kier alpha value is -1.55. The van der Waals surface area contributed by atoms with Gasteiger partial charge in [0.15, 0.2) is 0 Å². The normalized spacial score (nSPS) is 12.5. The highest BCUT2D eigenvalue weighted by atomic mass is 16.5. The van der Waals surface area contributed by atoms with Crippen molar-refractivity contribution in [2.45, 2.75) is 26.9 Å². The maximum atomic E-state index is 10.6. The van der Waals surface area contributed by atoms with Crippen LogP contribution in [0.2, 0.25) is 0 Å². The first-order valence-corrected chi connectivity index (χ1v) is 5.93. The first kappa shape index (κ1) is 14.5. The van der Waals surface area contributed by atoms with Crippen molar-refractivity contribution < 1.29 is 19.4 Å². The van der Waals surface area contributed by atoms with Gasteiger partial charge in [0.05, 0.1) is 13.2 Å². The zero-order chi connectivity index (χ0) is 13.7. The lowest BCUT2D eigenvalue weighted by Gasteiger charge is -2.23. The summed E-state index contributed by atoms with van der Waals surface area (Å²) in [4.78, 5) is 10.6. The Bertz CT molecular complexity index is 412. The molecule has 0 aromatic heterocycles. The number of methoxy groups -OCH3 is 1. The molecule has 1 unspecified atom stereocenters. The molecule has 1 N–H and O–H groups in total. The Morgan fingerprint density at radius 1 is 1.39 bits per heavy atom. The van der Waals surface area contributed by atoms with Crippen LogP contribution in [0.15, 0.2) is 18.2 Å². The number of benzene rings is 1. The van der Waals surface area contributed by atoms with Crippen LogP contribution in [0, 0.1) is 12.8 Å². The van der Waals surface area contributed by atoms with Gasteiger partial charge in [-0.3, -0.25) is 0 Å². The smallest absolute Gasteiger partial charge is 0.329 e. The summed E-state index contributed by atoms with van der Waals surface area (Å²) in [6.07, 6.45) is -0.282. The number of carboxylic acids is 1. The largest absolute Gasteiger partial charge is 0.496 e. The fourth-order valence-electron chi connectivity index (χ4n) is 1.88.